The fraction of sp³-hybridized carbons (Fsp3) is 0.400. The summed E-state index contributed by atoms with van der Waals surface area (Å²) in [4.78, 5) is 14.8. The zero-order chi connectivity index (χ0) is 21.4. The van der Waals surface area contributed by atoms with E-state index in [0.29, 0.717) is 24.5 Å². The Hall–Kier alpha value is -2.78. The first kappa shape index (κ1) is 20.5. The second kappa shape index (κ2) is 8.16. The largest absolute Gasteiger partial charge is 0.372 e. The maximum Gasteiger partial charge on any atom is 0.269 e. The smallest absolute Gasteiger partial charge is 0.269 e. The fourth-order valence-corrected chi connectivity index (χ4v) is 3.81. The minimum absolute atomic E-state index is 0.0773. The Bertz CT molecular complexity index is 1120. The van der Waals surface area contributed by atoms with Crippen LogP contribution in [0.1, 0.15) is 25.2 Å². The van der Waals surface area contributed by atoms with E-state index in [0.717, 1.165) is 5.69 Å². The molecule has 4 rings (SSSR count). The summed E-state index contributed by atoms with van der Waals surface area (Å²) in [5, 5.41) is 12.7. The first-order valence-electron chi connectivity index (χ1n) is 9.66. The molecule has 0 spiro atoms. The third-order valence-electron chi connectivity index (χ3n) is 5.03. The Morgan fingerprint density at radius 3 is 2.63 bits per heavy atom. The van der Waals surface area contributed by atoms with E-state index in [2.05, 4.69) is 20.3 Å². The highest BCUT2D eigenvalue weighted by Gasteiger charge is 2.23. The molecule has 2 aromatic heterocycles. The molecule has 1 fully saturated rings. The van der Waals surface area contributed by atoms with E-state index < -0.39 is 5.82 Å². The van der Waals surface area contributed by atoms with Crippen LogP contribution in [0.4, 0.5) is 10.1 Å². The normalized spacial score (nSPS) is 19.3. The van der Waals surface area contributed by atoms with Gasteiger partial charge in [0.05, 0.1) is 42.0 Å². The van der Waals surface area contributed by atoms with Crippen LogP contribution in [0.2, 0.25) is 5.02 Å². The van der Waals surface area contributed by atoms with Gasteiger partial charge < -0.3 is 9.64 Å². The number of morpholine rings is 1. The summed E-state index contributed by atoms with van der Waals surface area (Å²) in [6, 6.07) is 5.87. The molecule has 1 aromatic carbocycles. The zero-order valence-corrected chi connectivity index (χ0v) is 17.7. The lowest BCUT2D eigenvalue weighted by atomic mass is 10.2. The van der Waals surface area contributed by atoms with Crippen LogP contribution in [0.3, 0.4) is 0 Å². The van der Waals surface area contributed by atoms with E-state index in [1.54, 1.807) is 25.3 Å². The third-order valence-corrected chi connectivity index (χ3v) is 5.27. The van der Waals surface area contributed by atoms with Crippen LogP contribution in [0.5, 0.6) is 0 Å². The van der Waals surface area contributed by atoms with Gasteiger partial charge in [-0.3, -0.25) is 4.79 Å². The van der Waals surface area contributed by atoms with E-state index in [9.17, 15) is 9.18 Å². The van der Waals surface area contributed by atoms with Gasteiger partial charge in [-0.15, -0.1) is 5.10 Å². The lowest BCUT2D eigenvalue weighted by Crippen LogP contribution is -2.46. The minimum atomic E-state index is -0.528. The summed E-state index contributed by atoms with van der Waals surface area (Å²) in [6.07, 6.45) is 1.82. The Morgan fingerprint density at radius 2 is 1.97 bits per heavy atom. The Kier molecular flexibility index (Phi) is 5.57. The minimum Gasteiger partial charge on any atom is -0.372 e. The number of anilines is 1. The predicted molar refractivity (Wildman–Crippen MR) is 111 cm³/mol. The van der Waals surface area contributed by atoms with Crippen LogP contribution in [0.15, 0.2) is 35.3 Å². The summed E-state index contributed by atoms with van der Waals surface area (Å²) in [5.74, 6) is -0.528. The quantitative estimate of drug-likeness (QED) is 0.630. The molecule has 0 saturated carbocycles. The van der Waals surface area contributed by atoms with Crippen molar-refractivity contribution in [2.45, 2.75) is 39.5 Å². The molecule has 1 saturated heterocycles. The average molecular weight is 433 g/mol. The van der Waals surface area contributed by atoms with Crippen LogP contribution in [0, 0.1) is 12.7 Å². The van der Waals surface area contributed by atoms with Crippen LogP contribution in [-0.4, -0.2) is 50.1 Å². The molecule has 0 amide bonds. The molecule has 2 atom stereocenters. The molecule has 10 heteroatoms. The number of benzene rings is 1. The molecule has 3 heterocycles. The first-order valence-corrected chi connectivity index (χ1v) is 10.0. The van der Waals surface area contributed by atoms with Crippen molar-refractivity contribution in [3.63, 3.8) is 0 Å². The highest BCUT2D eigenvalue weighted by atomic mass is 35.5. The van der Waals surface area contributed by atoms with Crippen LogP contribution >= 0.6 is 11.6 Å². The Labute approximate surface area is 177 Å². The topological polar surface area (TPSA) is 78.1 Å². The van der Waals surface area contributed by atoms with Crippen molar-refractivity contribution in [1.82, 2.24) is 24.8 Å². The van der Waals surface area contributed by atoms with Crippen LogP contribution in [-0.2, 0) is 11.3 Å². The molecule has 0 aliphatic carbocycles. The number of ether oxygens (including phenoxy) is 1. The molecule has 8 nitrogen and oxygen atoms in total. The summed E-state index contributed by atoms with van der Waals surface area (Å²) in [6.45, 7) is 7.26. The highest BCUT2D eigenvalue weighted by molar-refractivity contribution is 6.30. The molecule has 0 N–H and O–H groups in total. The summed E-state index contributed by atoms with van der Waals surface area (Å²) in [5.41, 5.74) is 1.84. The van der Waals surface area contributed by atoms with Gasteiger partial charge in [-0.25, -0.2) is 13.8 Å². The highest BCUT2D eigenvalue weighted by Crippen LogP contribution is 2.21. The van der Waals surface area contributed by atoms with Gasteiger partial charge in [-0.1, -0.05) is 16.8 Å². The van der Waals surface area contributed by atoms with Gasteiger partial charge in [0.15, 0.2) is 0 Å². The molecule has 1 aliphatic heterocycles. The lowest BCUT2D eigenvalue weighted by Gasteiger charge is -2.36. The number of nitrogens with zero attached hydrogens (tertiary/aromatic N) is 6. The molecule has 0 bridgehead atoms. The van der Waals surface area contributed by atoms with Gasteiger partial charge in [-0.2, -0.15) is 5.10 Å². The number of rotatable bonds is 4. The number of halogens is 2. The van der Waals surface area contributed by atoms with E-state index in [1.165, 1.54) is 21.5 Å². The first-order chi connectivity index (χ1) is 14.3. The van der Waals surface area contributed by atoms with Crippen molar-refractivity contribution in [3.8, 4) is 5.69 Å². The number of hydrogen-bond acceptors (Lipinski definition) is 6. The van der Waals surface area contributed by atoms with Gasteiger partial charge in [0.25, 0.3) is 5.56 Å². The molecule has 3 aromatic rings. The van der Waals surface area contributed by atoms with E-state index in [-0.39, 0.29) is 35.0 Å². The van der Waals surface area contributed by atoms with Gasteiger partial charge in [0.1, 0.15) is 11.5 Å². The Balaban J connectivity index is 1.63. The molecule has 158 valence electrons. The molecular weight excluding hydrogens is 411 g/mol. The van der Waals surface area contributed by atoms with Gasteiger partial charge in [0, 0.05) is 24.2 Å². The maximum absolute atomic E-state index is 14.4. The van der Waals surface area contributed by atoms with Gasteiger partial charge >= 0.3 is 0 Å². The number of aromatic nitrogens is 5. The van der Waals surface area contributed by atoms with E-state index in [4.69, 9.17) is 16.3 Å². The Morgan fingerprint density at radius 1 is 1.23 bits per heavy atom. The number of aryl methyl sites for hydroxylation is 1. The summed E-state index contributed by atoms with van der Waals surface area (Å²) < 4.78 is 22.8. The van der Waals surface area contributed by atoms with Crippen molar-refractivity contribution in [1.29, 1.82) is 0 Å². The maximum atomic E-state index is 14.4. The average Bonchev–Trinajstić information content (AvgIpc) is 3.03. The van der Waals surface area contributed by atoms with Crippen molar-refractivity contribution >= 4 is 17.3 Å². The third kappa shape index (κ3) is 4.08. The van der Waals surface area contributed by atoms with Gasteiger partial charge in [-0.05, 0) is 39.0 Å². The molecule has 2 unspecified atom stereocenters. The van der Waals surface area contributed by atoms with E-state index >= 15 is 0 Å². The standard InChI is InChI=1S/C20H22ClFN6O2/c1-12-9-26(10-13(2)30-12)16-7-20(29)27(23-8-16)11-19-14(3)24-25-28(19)18-5-4-15(21)6-17(18)22/h4-8,12-13H,9-11H2,1-3H3. The SMILES string of the molecule is Cc1nnn(-c2ccc(Cl)cc2F)c1Cn1ncc(N2CC(C)OC(C)C2)cc1=O. The second-order valence-corrected chi connectivity index (χ2v) is 7.94. The zero-order valence-electron chi connectivity index (χ0n) is 16.9. The monoisotopic (exact) mass is 432 g/mol. The molecule has 0 radical (unpaired) electrons. The molecular formula is C20H22ClFN6O2. The molecule has 30 heavy (non-hydrogen) atoms. The van der Waals surface area contributed by atoms with Crippen LogP contribution < -0.4 is 10.5 Å². The van der Waals surface area contributed by atoms with Crippen molar-refractivity contribution in [2.75, 3.05) is 18.0 Å². The van der Waals surface area contributed by atoms with Crippen molar-refractivity contribution in [3.05, 3.63) is 63.0 Å². The second-order valence-electron chi connectivity index (χ2n) is 7.50. The van der Waals surface area contributed by atoms with E-state index in [1.807, 2.05) is 13.8 Å². The summed E-state index contributed by atoms with van der Waals surface area (Å²) in [7, 11) is 0. The summed E-state index contributed by atoms with van der Waals surface area (Å²) >= 11 is 5.84. The van der Waals surface area contributed by atoms with Gasteiger partial charge in [0.2, 0.25) is 0 Å². The van der Waals surface area contributed by atoms with Crippen molar-refractivity contribution < 1.29 is 9.13 Å². The lowest BCUT2D eigenvalue weighted by molar-refractivity contribution is -0.00525. The predicted octanol–water partition coefficient (Wildman–Crippen LogP) is 2.59. The van der Waals surface area contributed by atoms with Crippen molar-refractivity contribution in [2.24, 2.45) is 0 Å². The van der Waals surface area contributed by atoms with Crippen LogP contribution in [0.25, 0.3) is 5.69 Å². The molecule has 1 aliphatic rings. The fourth-order valence-electron chi connectivity index (χ4n) is 3.65. The number of hydrogen-bond donors (Lipinski definition) is 0.